The second-order valence-corrected chi connectivity index (χ2v) is 7.84. The fraction of sp³-hybridized carbons (Fsp3) is 0.235. The first-order valence-electron chi connectivity index (χ1n) is 7.68. The van der Waals surface area contributed by atoms with Gasteiger partial charge in [-0.1, -0.05) is 29.8 Å². The highest BCUT2D eigenvalue weighted by Crippen LogP contribution is 2.32. The highest BCUT2D eigenvalue weighted by atomic mass is 35.5. The molecule has 2 aromatic carbocycles. The quantitative estimate of drug-likeness (QED) is 0.853. The summed E-state index contributed by atoms with van der Waals surface area (Å²) in [6.07, 6.45) is 0.620. The summed E-state index contributed by atoms with van der Waals surface area (Å²) in [6.45, 7) is 0.490. The van der Waals surface area contributed by atoms with Gasteiger partial charge in [-0.15, -0.1) is 0 Å². The first-order chi connectivity index (χ1) is 11.9. The largest absolute Gasteiger partial charge is 0.493 e. The normalized spacial score (nSPS) is 16.6. The average molecular weight is 381 g/mol. The fourth-order valence-corrected chi connectivity index (χ4v) is 3.65. The molecule has 6 nitrogen and oxygen atoms in total. The van der Waals surface area contributed by atoms with Crippen LogP contribution in [-0.2, 0) is 10.0 Å². The van der Waals surface area contributed by atoms with Crippen LogP contribution >= 0.6 is 11.6 Å². The summed E-state index contributed by atoms with van der Waals surface area (Å²) in [7, 11) is -2.35. The van der Waals surface area contributed by atoms with Crippen molar-refractivity contribution < 1.29 is 17.9 Å². The minimum atomic E-state index is -3.66. The maximum Gasteiger partial charge on any atom is 0.253 e. The van der Waals surface area contributed by atoms with Crippen molar-refractivity contribution in [3.8, 4) is 5.75 Å². The van der Waals surface area contributed by atoms with E-state index in [1.165, 1.54) is 25.2 Å². The lowest BCUT2D eigenvalue weighted by Crippen LogP contribution is -2.32. The Morgan fingerprint density at radius 1 is 1.24 bits per heavy atom. The molecule has 0 fully saturated rings. The van der Waals surface area contributed by atoms with E-state index in [0.717, 1.165) is 11.3 Å². The molecule has 0 unspecified atom stereocenters. The molecule has 132 valence electrons. The molecule has 1 aliphatic rings. The van der Waals surface area contributed by atoms with E-state index in [0.29, 0.717) is 13.0 Å². The lowest BCUT2D eigenvalue weighted by atomic mass is 10.00. The predicted molar refractivity (Wildman–Crippen MR) is 94.5 cm³/mol. The van der Waals surface area contributed by atoms with Crippen molar-refractivity contribution in [2.75, 3.05) is 13.7 Å². The summed E-state index contributed by atoms with van der Waals surface area (Å²) < 4.78 is 31.7. The number of hydrogen-bond acceptors (Lipinski definition) is 4. The number of hydrogen-bond donors (Lipinski definition) is 2. The predicted octanol–water partition coefficient (Wildman–Crippen LogP) is 2.50. The van der Waals surface area contributed by atoms with E-state index >= 15 is 0 Å². The molecular weight excluding hydrogens is 364 g/mol. The van der Waals surface area contributed by atoms with E-state index in [9.17, 15) is 13.2 Å². The zero-order chi connectivity index (χ0) is 18.0. The Morgan fingerprint density at radius 3 is 2.76 bits per heavy atom. The minimum absolute atomic E-state index is 0.0167. The van der Waals surface area contributed by atoms with Gasteiger partial charge in [0.2, 0.25) is 10.0 Å². The maximum atomic E-state index is 12.7. The van der Waals surface area contributed by atoms with Crippen LogP contribution in [0.2, 0.25) is 5.02 Å². The van der Waals surface area contributed by atoms with E-state index in [1.54, 1.807) is 0 Å². The summed E-state index contributed by atoms with van der Waals surface area (Å²) in [5.74, 6) is 0.302. The molecule has 25 heavy (non-hydrogen) atoms. The van der Waals surface area contributed by atoms with Crippen LogP contribution in [0.5, 0.6) is 5.75 Å². The molecule has 1 atom stereocenters. The average Bonchev–Trinajstić information content (AvgIpc) is 2.62. The second kappa shape index (κ2) is 7.03. The van der Waals surface area contributed by atoms with Gasteiger partial charge in [-0.2, -0.15) is 0 Å². The molecule has 0 aromatic heterocycles. The number of carbonyl (C=O) groups is 1. The first-order valence-corrected chi connectivity index (χ1v) is 9.54. The molecule has 0 saturated carbocycles. The lowest BCUT2D eigenvalue weighted by Gasteiger charge is -2.26. The van der Waals surface area contributed by atoms with Gasteiger partial charge in [-0.25, -0.2) is 13.1 Å². The van der Waals surface area contributed by atoms with Crippen LogP contribution in [0, 0.1) is 0 Å². The Morgan fingerprint density at radius 2 is 2.00 bits per heavy atom. The van der Waals surface area contributed by atoms with E-state index in [1.807, 2.05) is 24.3 Å². The van der Waals surface area contributed by atoms with Gasteiger partial charge < -0.3 is 10.1 Å². The first kappa shape index (κ1) is 17.7. The van der Waals surface area contributed by atoms with Gasteiger partial charge in [0.05, 0.1) is 28.1 Å². The topological polar surface area (TPSA) is 84.5 Å². The monoisotopic (exact) mass is 380 g/mol. The number of benzene rings is 2. The standard InChI is InChI=1S/C17H17ClN2O4S/c1-19-25(22,23)11-6-7-14(18)13(10-11)17(21)20-15-8-9-24-16-5-3-2-4-12(15)16/h2-7,10,15,19H,8-9H2,1H3,(H,20,21)/t15-/m0/s1. The van der Waals surface area contributed by atoms with Crippen LogP contribution in [-0.4, -0.2) is 28.0 Å². The van der Waals surface area contributed by atoms with Crippen LogP contribution in [0.15, 0.2) is 47.4 Å². The zero-order valence-electron chi connectivity index (χ0n) is 13.5. The highest BCUT2D eigenvalue weighted by Gasteiger charge is 2.24. The number of carbonyl (C=O) groups excluding carboxylic acids is 1. The Kier molecular flexibility index (Phi) is 4.99. The molecule has 1 heterocycles. The van der Waals surface area contributed by atoms with Crippen LogP contribution in [0.1, 0.15) is 28.4 Å². The molecule has 1 aliphatic heterocycles. The van der Waals surface area contributed by atoms with Crippen LogP contribution in [0.4, 0.5) is 0 Å². The summed E-state index contributed by atoms with van der Waals surface area (Å²) in [6, 6.07) is 11.3. The van der Waals surface area contributed by atoms with Crippen molar-refractivity contribution in [1.82, 2.24) is 10.0 Å². The molecule has 1 amide bonds. The van der Waals surface area contributed by atoms with E-state index in [4.69, 9.17) is 16.3 Å². The fourth-order valence-electron chi connectivity index (χ4n) is 2.69. The van der Waals surface area contributed by atoms with Gasteiger partial charge in [0.15, 0.2) is 0 Å². The number of fused-ring (bicyclic) bond motifs is 1. The third-order valence-corrected chi connectivity index (χ3v) is 5.77. The van der Waals surface area contributed by atoms with Crippen LogP contribution < -0.4 is 14.8 Å². The van der Waals surface area contributed by atoms with Crippen molar-refractivity contribution in [3.05, 3.63) is 58.6 Å². The van der Waals surface area contributed by atoms with E-state index < -0.39 is 15.9 Å². The van der Waals surface area contributed by atoms with Gasteiger partial charge >= 0.3 is 0 Å². The molecule has 3 rings (SSSR count). The summed E-state index contributed by atoms with van der Waals surface area (Å²) in [5.41, 5.74) is 0.999. The Hall–Kier alpha value is -2.09. The molecule has 0 saturated heterocycles. The third kappa shape index (κ3) is 3.63. The number of rotatable bonds is 4. The third-order valence-electron chi connectivity index (χ3n) is 4.03. The molecule has 0 bridgehead atoms. The molecule has 2 N–H and O–H groups in total. The van der Waals surface area contributed by atoms with Crippen LogP contribution in [0.25, 0.3) is 0 Å². The maximum absolute atomic E-state index is 12.7. The Bertz CT molecular complexity index is 915. The molecule has 0 spiro atoms. The Labute approximate surface area is 151 Å². The zero-order valence-corrected chi connectivity index (χ0v) is 15.0. The van der Waals surface area contributed by atoms with Gasteiger partial charge in [0.1, 0.15) is 5.75 Å². The highest BCUT2D eigenvalue weighted by molar-refractivity contribution is 7.89. The van der Waals surface area contributed by atoms with Gasteiger partial charge in [0.25, 0.3) is 5.91 Å². The molecule has 2 aromatic rings. The summed E-state index contributed by atoms with van der Waals surface area (Å²) in [4.78, 5) is 12.6. The number of ether oxygens (including phenoxy) is 1. The Balaban J connectivity index is 1.89. The number of sulfonamides is 1. The second-order valence-electron chi connectivity index (χ2n) is 5.55. The van der Waals surface area contributed by atoms with E-state index in [-0.39, 0.29) is 21.5 Å². The molecule has 8 heteroatoms. The SMILES string of the molecule is CNS(=O)(=O)c1ccc(Cl)c(C(=O)N[C@H]2CCOc3ccccc32)c1. The van der Waals surface area contributed by atoms with Crippen molar-refractivity contribution >= 4 is 27.5 Å². The minimum Gasteiger partial charge on any atom is -0.493 e. The number of amides is 1. The van der Waals surface area contributed by atoms with Gasteiger partial charge in [0, 0.05) is 12.0 Å². The lowest BCUT2D eigenvalue weighted by molar-refractivity contribution is 0.0924. The van der Waals surface area contributed by atoms with Crippen molar-refractivity contribution in [2.45, 2.75) is 17.4 Å². The van der Waals surface area contributed by atoms with E-state index in [2.05, 4.69) is 10.0 Å². The molecule has 0 aliphatic carbocycles. The number of para-hydroxylation sites is 1. The van der Waals surface area contributed by atoms with Crippen molar-refractivity contribution in [3.63, 3.8) is 0 Å². The van der Waals surface area contributed by atoms with Crippen molar-refractivity contribution in [2.24, 2.45) is 0 Å². The molecular formula is C17H17ClN2O4S. The molecule has 0 radical (unpaired) electrons. The van der Waals surface area contributed by atoms with Crippen molar-refractivity contribution in [1.29, 1.82) is 0 Å². The summed E-state index contributed by atoms with van der Waals surface area (Å²) in [5, 5.41) is 3.10. The smallest absolute Gasteiger partial charge is 0.253 e. The van der Waals surface area contributed by atoms with Gasteiger partial charge in [-0.05, 0) is 31.3 Å². The summed E-state index contributed by atoms with van der Waals surface area (Å²) >= 11 is 6.10. The van der Waals surface area contributed by atoms with Crippen LogP contribution in [0.3, 0.4) is 0 Å². The number of halogens is 1. The number of nitrogens with one attached hydrogen (secondary N) is 2. The van der Waals surface area contributed by atoms with Gasteiger partial charge in [-0.3, -0.25) is 4.79 Å².